The van der Waals surface area contributed by atoms with E-state index in [1.807, 2.05) is 0 Å². The average molecular weight is 156 g/mol. The summed E-state index contributed by atoms with van der Waals surface area (Å²) in [4.78, 5) is 13.1. The molecular weight excluding hydrogens is 140 g/mol. The molecule has 3 heteroatoms. The lowest BCUT2D eigenvalue weighted by atomic mass is 10.1. The number of nitrogens with two attached hydrogens (primary N) is 1. The van der Waals surface area contributed by atoms with E-state index < -0.39 is 0 Å². The van der Waals surface area contributed by atoms with Gasteiger partial charge in [-0.25, -0.2) is 0 Å². The lowest BCUT2D eigenvalue weighted by Gasteiger charge is -2.17. The lowest BCUT2D eigenvalue weighted by Crippen LogP contribution is -2.29. The van der Waals surface area contributed by atoms with Gasteiger partial charge in [0, 0.05) is 12.6 Å². The van der Waals surface area contributed by atoms with Gasteiger partial charge in [0.05, 0.1) is 5.92 Å². The first-order chi connectivity index (χ1) is 5.15. The van der Waals surface area contributed by atoms with Gasteiger partial charge in [-0.3, -0.25) is 4.79 Å². The maximum Gasteiger partial charge on any atom is 0.221 e. The number of hydrogen-bond donors (Lipinski definition) is 1. The monoisotopic (exact) mass is 156 g/mol. The van der Waals surface area contributed by atoms with Gasteiger partial charge in [0.1, 0.15) is 0 Å². The summed E-state index contributed by atoms with van der Waals surface area (Å²) in [6.45, 7) is 6.13. The van der Waals surface area contributed by atoms with Crippen LogP contribution in [0.1, 0.15) is 20.3 Å². The fraction of sp³-hybridized carbons (Fsp3) is 0.875. The first kappa shape index (κ1) is 8.53. The SMILES string of the molecule is CCN1CC(C(N)=O)CC1C. The molecule has 3 nitrogen and oxygen atoms in total. The summed E-state index contributed by atoms with van der Waals surface area (Å²) < 4.78 is 0. The number of amides is 1. The highest BCUT2D eigenvalue weighted by molar-refractivity contribution is 5.77. The van der Waals surface area contributed by atoms with Gasteiger partial charge in [-0.15, -0.1) is 0 Å². The smallest absolute Gasteiger partial charge is 0.221 e. The van der Waals surface area contributed by atoms with E-state index in [0.717, 1.165) is 19.5 Å². The van der Waals surface area contributed by atoms with Gasteiger partial charge in [-0.1, -0.05) is 6.92 Å². The van der Waals surface area contributed by atoms with Crippen molar-refractivity contribution < 1.29 is 4.79 Å². The number of hydrogen-bond acceptors (Lipinski definition) is 2. The minimum absolute atomic E-state index is 0.0879. The fourth-order valence-electron chi connectivity index (χ4n) is 1.75. The van der Waals surface area contributed by atoms with Gasteiger partial charge >= 0.3 is 0 Å². The molecule has 0 spiro atoms. The van der Waals surface area contributed by atoms with E-state index in [0.29, 0.717) is 6.04 Å². The molecule has 1 amide bonds. The summed E-state index contributed by atoms with van der Waals surface area (Å²) in [6, 6.07) is 0.525. The molecule has 0 aliphatic carbocycles. The van der Waals surface area contributed by atoms with E-state index in [9.17, 15) is 4.79 Å². The van der Waals surface area contributed by atoms with E-state index in [2.05, 4.69) is 18.7 Å². The van der Waals surface area contributed by atoms with Crippen molar-refractivity contribution >= 4 is 5.91 Å². The highest BCUT2D eigenvalue weighted by Gasteiger charge is 2.30. The molecular formula is C8H16N2O. The van der Waals surface area contributed by atoms with Crippen molar-refractivity contribution in [1.29, 1.82) is 0 Å². The molecule has 1 saturated heterocycles. The molecule has 1 rings (SSSR count). The van der Waals surface area contributed by atoms with Crippen molar-refractivity contribution in [2.45, 2.75) is 26.3 Å². The second-order valence-corrected chi connectivity index (χ2v) is 3.27. The normalized spacial score (nSPS) is 32.5. The van der Waals surface area contributed by atoms with E-state index in [4.69, 9.17) is 5.73 Å². The molecule has 0 saturated carbocycles. The van der Waals surface area contributed by atoms with Crippen molar-refractivity contribution in [3.8, 4) is 0 Å². The quantitative estimate of drug-likeness (QED) is 0.621. The lowest BCUT2D eigenvalue weighted by molar-refractivity contribution is -0.121. The second kappa shape index (κ2) is 3.22. The Morgan fingerprint density at radius 2 is 2.36 bits per heavy atom. The summed E-state index contributed by atoms with van der Waals surface area (Å²) in [5, 5.41) is 0. The molecule has 64 valence electrons. The highest BCUT2D eigenvalue weighted by Crippen LogP contribution is 2.21. The first-order valence-electron chi connectivity index (χ1n) is 4.18. The Hall–Kier alpha value is -0.570. The molecule has 0 bridgehead atoms. The predicted molar refractivity (Wildman–Crippen MR) is 44.0 cm³/mol. The molecule has 2 unspecified atom stereocenters. The molecule has 0 aromatic heterocycles. The topological polar surface area (TPSA) is 46.3 Å². The van der Waals surface area contributed by atoms with Crippen LogP contribution in [0.3, 0.4) is 0 Å². The Kier molecular flexibility index (Phi) is 2.49. The summed E-state index contributed by atoms with van der Waals surface area (Å²) in [5.41, 5.74) is 5.21. The Morgan fingerprint density at radius 1 is 1.73 bits per heavy atom. The third kappa shape index (κ3) is 1.71. The Balaban J connectivity index is 2.49. The van der Waals surface area contributed by atoms with Gasteiger partial charge in [0.15, 0.2) is 0 Å². The van der Waals surface area contributed by atoms with Crippen LogP contribution in [0.25, 0.3) is 0 Å². The molecule has 1 heterocycles. The molecule has 2 atom stereocenters. The van der Waals surface area contributed by atoms with Gasteiger partial charge in [0.25, 0.3) is 0 Å². The van der Waals surface area contributed by atoms with Crippen LogP contribution in [0.2, 0.25) is 0 Å². The number of carbonyl (C=O) groups excluding carboxylic acids is 1. The van der Waals surface area contributed by atoms with Gasteiger partial charge < -0.3 is 10.6 Å². The van der Waals surface area contributed by atoms with Crippen LogP contribution in [0.5, 0.6) is 0 Å². The van der Waals surface area contributed by atoms with E-state index >= 15 is 0 Å². The van der Waals surface area contributed by atoms with Crippen LogP contribution in [0, 0.1) is 5.92 Å². The van der Waals surface area contributed by atoms with Crippen molar-refractivity contribution in [2.75, 3.05) is 13.1 Å². The summed E-state index contributed by atoms with van der Waals surface area (Å²) >= 11 is 0. The number of primary amides is 1. The third-order valence-corrected chi connectivity index (χ3v) is 2.51. The molecule has 0 radical (unpaired) electrons. The summed E-state index contributed by atoms with van der Waals surface area (Å²) in [7, 11) is 0. The molecule has 11 heavy (non-hydrogen) atoms. The molecule has 2 N–H and O–H groups in total. The maximum atomic E-state index is 10.8. The van der Waals surface area contributed by atoms with Crippen molar-refractivity contribution in [2.24, 2.45) is 11.7 Å². The molecule has 1 fully saturated rings. The van der Waals surface area contributed by atoms with Gasteiger partial charge in [0.2, 0.25) is 5.91 Å². The van der Waals surface area contributed by atoms with Gasteiger partial charge in [-0.05, 0) is 19.9 Å². The number of likely N-dealkylation sites (tertiary alicyclic amines) is 1. The van der Waals surface area contributed by atoms with Crippen LogP contribution < -0.4 is 5.73 Å². The van der Waals surface area contributed by atoms with Crippen molar-refractivity contribution in [3.05, 3.63) is 0 Å². The van der Waals surface area contributed by atoms with E-state index in [1.165, 1.54) is 0 Å². The first-order valence-corrected chi connectivity index (χ1v) is 4.18. The molecule has 0 aromatic carbocycles. The maximum absolute atomic E-state index is 10.8. The van der Waals surface area contributed by atoms with Crippen LogP contribution in [-0.4, -0.2) is 29.9 Å². The number of nitrogens with zero attached hydrogens (tertiary/aromatic N) is 1. The Morgan fingerprint density at radius 3 is 2.64 bits per heavy atom. The standard InChI is InChI=1S/C8H16N2O/c1-3-10-5-7(8(9)11)4-6(10)2/h6-7H,3-5H2,1-2H3,(H2,9,11). The summed E-state index contributed by atoms with van der Waals surface area (Å²) in [6.07, 6.45) is 0.934. The molecule has 0 aromatic rings. The van der Waals surface area contributed by atoms with E-state index in [1.54, 1.807) is 0 Å². The Bertz CT molecular complexity index is 158. The minimum Gasteiger partial charge on any atom is -0.369 e. The van der Waals surface area contributed by atoms with Crippen LogP contribution in [-0.2, 0) is 4.79 Å². The Labute approximate surface area is 67.5 Å². The van der Waals surface area contributed by atoms with Crippen molar-refractivity contribution in [3.63, 3.8) is 0 Å². The van der Waals surface area contributed by atoms with Crippen LogP contribution >= 0.6 is 0 Å². The highest BCUT2D eigenvalue weighted by atomic mass is 16.1. The fourth-order valence-corrected chi connectivity index (χ4v) is 1.75. The zero-order valence-corrected chi connectivity index (χ0v) is 7.21. The van der Waals surface area contributed by atoms with Crippen LogP contribution in [0.15, 0.2) is 0 Å². The molecule has 1 aliphatic heterocycles. The average Bonchev–Trinajstić information content (AvgIpc) is 2.31. The number of carbonyl (C=O) groups is 1. The summed E-state index contributed by atoms with van der Waals surface area (Å²) in [5.74, 6) is -0.0576. The number of rotatable bonds is 2. The minimum atomic E-state index is -0.146. The zero-order valence-electron chi connectivity index (χ0n) is 7.21. The second-order valence-electron chi connectivity index (χ2n) is 3.27. The van der Waals surface area contributed by atoms with Crippen molar-refractivity contribution in [1.82, 2.24) is 4.90 Å². The molecule has 1 aliphatic rings. The zero-order chi connectivity index (χ0) is 8.43. The predicted octanol–water partition coefficient (Wildman–Crippen LogP) is 0.202. The van der Waals surface area contributed by atoms with E-state index in [-0.39, 0.29) is 11.8 Å². The largest absolute Gasteiger partial charge is 0.369 e. The van der Waals surface area contributed by atoms with Crippen LogP contribution in [0.4, 0.5) is 0 Å². The van der Waals surface area contributed by atoms with Gasteiger partial charge in [-0.2, -0.15) is 0 Å². The third-order valence-electron chi connectivity index (χ3n) is 2.51.